The zero-order chi connectivity index (χ0) is 23.4. The molecule has 0 aliphatic heterocycles. The minimum atomic E-state index is -4.01. The fourth-order valence-corrected chi connectivity index (χ4v) is 5.44. The van der Waals surface area contributed by atoms with E-state index in [-0.39, 0.29) is 11.3 Å². The quantitative estimate of drug-likeness (QED) is 0.601. The summed E-state index contributed by atoms with van der Waals surface area (Å²) in [7, 11) is -0.754. The average Bonchev–Trinajstić information content (AvgIpc) is 3.18. The predicted octanol–water partition coefficient (Wildman–Crippen LogP) is 2.81. The van der Waals surface area contributed by atoms with Crippen molar-refractivity contribution in [2.24, 2.45) is 20.0 Å². The number of anilines is 1. The molecule has 8 nitrogen and oxygen atoms in total. The zero-order valence-electron chi connectivity index (χ0n) is 17.6. The van der Waals surface area contributed by atoms with Crippen molar-refractivity contribution in [2.75, 3.05) is 10.5 Å². The molecule has 1 N–H and O–H groups in total. The zero-order valence-corrected chi connectivity index (χ0v) is 18.5. The van der Waals surface area contributed by atoms with Gasteiger partial charge in [-0.3, -0.25) is 18.9 Å². The minimum Gasteiger partial charge on any atom is -0.283 e. The highest BCUT2D eigenvalue weighted by molar-refractivity contribution is 7.92. The molecule has 0 spiro atoms. The third-order valence-electron chi connectivity index (χ3n) is 5.65. The minimum absolute atomic E-state index is 0.175. The van der Waals surface area contributed by atoms with Crippen molar-refractivity contribution in [1.82, 2.24) is 19.1 Å². The van der Waals surface area contributed by atoms with Crippen molar-refractivity contribution < 1.29 is 21.6 Å². The fraction of sp³-hybridized carbons (Fsp3) is 0.400. The molecular formula is C20H22F3N5O3S. The molecule has 3 aromatic rings. The average molecular weight is 469 g/mol. The predicted molar refractivity (Wildman–Crippen MR) is 113 cm³/mol. The maximum Gasteiger partial charge on any atom is 0.296 e. The van der Waals surface area contributed by atoms with Crippen molar-refractivity contribution in [3.8, 4) is 16.8 Å². The Balaban J connectivity index is 1.68. The lowest BCUT2D eigenvalue weighted by atomic mass is 9.83. The molecule has 0 bridgehead atoms. The van der Waals surface area contributed by atoms with E-state index in [0.717, 1.165) is 0 Å². The molecule has 0 atom stereocenters. The second-order valence-corrected chi connectivity index (χ2v) is 9.95. The Labute approximate surface area is 182 Å². The van der Waals surface area contributed by atoms with Gasteiger partial charge in [0.05, 0.1) is 23.3 Å². The number of hydrogen-bond acceptors (Lipinski definition) is 4. The first-order valence-corrected chi connectivity index (χ1v) is 11.5. The highest BCUT2D eigenvalue weighted by Crippen LogP contribution is 2.43. The van der Waals surface area contributed by atoms with E-state index in [2.05, 4.69) is 9.82 Å². The van der Waals surface area contributed by atoms with Crippen molar-refractivity contribution in [2.45, 2.75) is 25.7 Å². The summed E-state index contributed by atoms with van der Waals surface area (Å²) in [5.74, 6) is -4.48. The van der Waals surface area contributed by atoms with Crippen molar-refractivity contribution in [3.05, 3.63) is 52.5 Å². The second-order valence-electron chi connectivity index (χ2n) is 8.18. The van der Waals surface area contributed by atoms with Crippen LogP contribution in [0.15, 0.2) is 35.4 Å². The summed E-state index contributed by atoms with van der Waals surface area (Å²) in [6.45, 7) is 1.55. The Bertz CT molecular complexity index is 1350. The van der Waals surface area contributed by atoms with Gasteiger partial charge in [0.2, 0.25) is 15.9 Å². The molecule has 12 heteroatoms. The van der Waals surface area contributed by atoms with Gasteiger partial charge in [0, 0.05) is 44.3 Å². The Kier molecular flexibility index (Phi) is 5.23. The topological polar surface area (TPSA) is 90.9 Å². The maximum absolute atomic E-state index is 14.4. The summed E-state index contributed by atoms with van der Waals surface area (Å²) in [6, 6.07) is 4.10. The molecule has 1 aliphatic rings. The highest BCUT2D eigenvalue weighted by atomic mass is 32.2. The second kappa shape index (κ2) is 7.54. The third kappa shape index (κ3) is 4.06. The Morgan fingerprint density at radius 1 is 1.25 bits per heavy atom. The lowest BCUT2D eigenvalue weighted by Crippen LogP contribution is -2.40. The van der Waals surface area contributed by atoms with Gasteiger partial charge < -0.3 is 0 Å². The van der Waals surface area contributed by atoms with Gasteiger partial charge in [-0.2, -0.15) is 5.10 Å². The first-order chi connectivity index (χ1) is 14.9. The standard InChI is InChI=1S/C20H22F3N5O3S/c1-12-18(25-32(30,31)11-13-7-20(22,23)8-13)19(29)28(27(12)3)15-4-5-17(21)16(6-15)14-9-24-26(2)10-14/h4-6,9-10,13,25H,7-8,11H2,1-3H3. The van der Waals surface area contributed by atoms with Crippen LogP contribution >= 0.6 is 0 Å². The van der Waals surface area contributed by atoms with E-state index in [4.69, 9.17) is 0 Å². The molecule has 0 saturated heterocycles. The highest BCUT2D eigenvalue weighted by Gasteiger charge is 2.46. The maximum atomic E-state index is 14.4. The molecule has 0 amide bonds. The number of sulfonamides is 1. The molecule has 1 aliphatic carbocycles. The van der Waals surface area contributed by atoms with Crippen LogP contribution in [-0.2, 0) is 24.1 Å². The Morgan fingerprint density at radius 2 is 1.94 bits per heavy atom. The third-order valence-corrected chi connectivity index (χ3v) is 7.08. The van der Waals surface area contributed by atoms with E-state index >= 15 is 0 Å². The summed E-state index contributed by atoms with van der Waals surface area (Å²) in [4.78, 5) is 13.1. The lowest BCUT2D eigenvalue weighted by molar-refractivity contribution is -0.103. The summed E-state index contributed by atoms with van der Waals surface area (Å²) in [5, 5.41) is 4.03. The van der Waals surface area contributed by atoms with Gasteiger partial charge in [0.1, 0.15) is 11.5 Å². The van der Waals surface area contributed by atoms with Crippen LogP contribution in [-0.4, -0.2) is 39.2 Å². The number of halogens is 3. The number of hydrogen-bond donors (Lipinski definition) is 1. The van der Waals surface area contributed by atoms with Gasteiger partial charge in [-0.25, -0.2) is 26.3 Å². The van der Waals surface area contributed by atoms with Crippen LogP contribution in [0.1, 0.15) is 18.5 Å². The number of nitrogens with one attached hydrogen (secondary N) is 1. The van der Waals surface area contributed by atoms with Crippen molar-refractivity contribution in [1.29, 1.82) is 0 Å². The summed E-state index contributed by atoms with van der Waals surface area (Å²) in [6.07, 6.45) is 2.15. The molecular weight excluding hydrogens is 447 g/mol. The van der Waals surface area contributed by atoms with E-state index < -0.39 is 51.8 Å². The number of aromatic nitrogens is 4. The summed E-state index contributed by atoms with van der Waals surface area (Å²) >= 11 is 0. The number of rotatable bonds is 6. The smallest absolute Gasteiger partial charge is 0.283 e. The van der Waals surface area contributed by atoms with Crippen LogP contribution in [0.4, 0.5) is 18.9 Å². The van der Waals surface area contributed by atoms with E-state index in [9.17, 15) is 26.4 Å². The SMILES string of the molecule is Cc1c(NS(=O)(=O)CC2CC(F)(F)C2)c(=O)n(-c2ccc(F)c(-c3cnn(C)c3)c2)n1C. The molecule has 0 radical (unpaired) electrons. The Hall–Kier alpha value is -3.02. The normalized spacial score (nSPS) is 16.2. The largest absolute Gasteiger partial charge is 0.296 e. The van der Waals surface area contributed by atoms with Crippen molar-refractivity contribution in [3.63, 3.8) is 0 Å². The monoisotopic (exact) mass is 469 g/mol. The first kappa shape index (κ1) is 22.2. The van der Waals surface area contributed by atoms with Crippen LogP contribution in [0.25, 0.3) is 16.8 Å². The van der Waals surface area contributed by atoms with Crippen LogP contribution < -0.4 is 10.3 Å². The van der Waals surface area contributed by atoms with Gasteiger partial charge in [0.25, 0.3) is 5.56 Å². The van der Waals surface area contributed by atoms with Gasteiger partial charge in [-0.05, 0) is 31.0 Å². The number of alkyl halides is 2. The molecule has 1 saturated carbocycles. The lowest BCUT2D eigenvalue weighted by Gasteiger charge is -2.34. The van der Waals surface area contributed by atoms with Crippen LogP contribution in [0.2, 0.25) is 0 Å². The number of aryl methyl sites for hydroxylation is 1. The molecule has 4 rings (SSSR count). The van der Waals surface area contributed by atoms with Crippen molar-refractivity contribution >= 4 is 15.7 Å². The molecule has 1 fully saturated rings. The number of benzene rings is 1. The molecule has 0 unspecified atom stereocenters. The molecule has 2 aromatic heterocycles. The van der Waals surface area contributed by atoms with Crippen LogP contribution in [0, 0.1) is 18.7 Å². The molecule has 2 heterocycles. The van der Waals surface area contributed by atoms with E-state index in [1.54, 1.807) is 27.2 Å². The van der Waals surface area contributed by atoms with Crippen LogP contribution in [0.3, 0.4) is 0 Å². The number of nitrogens with zero attached hydrogens (tertiary/aromatic N) is 4. The Morgan fingerprint density at radius 3 is 2.53 bits per heavy atom. The van der Waals surface area contributed by atoms with Gasteiger partial charge >= 0.3 is 0 Å². The van der Waals surface area contributed by atoms with Gasteiger partial charge in [0.15, 0.2) is 0 Å². The molecule has 1 aromatic carbocycles. The van der Waals surface area contributed by atoms with Gasteiger partial charge in [-0.1, -0.05) is 0 Å². The van der Waals surface area contributed by atoms with E-state index in [1.165, 1.54) is 38.4 Å². The van der Waals surface area contributed by atoms with Gasteiger partial charge in [-0.15, -0.1) is 0 Å². The van der Waals surface area contributed by atoms with E-state index in [0.29, 0.717) is 16.9 Å². The van der Waals surface area contributed by atoms with Crippen LogP contribution in [0.5, 0.6) is 0 Å². The summed E-state index contributed by atoms with van der Waals surface area (Å²) in [5.41, 5.74) is 0.565. The first-order valence-electron chi connectivity index (χ1n) is 9.83. The van der Waals surface area contributed by atoms with E-state index in [1.807, 2.05) is 0 Å². The molecule has 32 heavy (non-hydrogen) atoms. The molecule has 172 valence electrons. The summed E-state index contributed by atoms with van der Waals surface area (Å²) < 4.78 is 71.9. The fourth-order valence-electron chi connectivity index (χ4n) is 3.95.